The van der Waals surface area contributed by atoms with E-state index in [9.17, 15) is 14.0 Å². The first kappa shape index (κ1) is 25.1. The third-order valence-corrected chi connectivity index (χ3v) is 7.47. The zero-order chi connectivity index (χ0) is 26.0. The molecule has 8 nitrogen and oxygen atoms in total. The van der Waals surface area contributed by atoms with Crippen molar-refractivity contribution in [2.75, 3.05) is 31.6 Å². The van der Waals surface area contributed by atoms with E-state index >= 15 is 0 Å². The Balaban J connectivity index is 1.25. The average molecular weight is 522 g/mol. The van der Waals surface area contributed by atoms with Crippen molar-refractivity contribution in [2.45, 2.75) is 25.9 Å². The Kier molecular flexibility index (Phi) is 7.05. The summed E-state index contributed by atoms with van der Waals surface area (Å²) in [4.78, 5) is 29.3. The maximum Gasteiger partial charge on any atom is 0.262 e. The van der Waals surface area contributed by atoms with Crippen LogP contribution in [0.15, 0.2) is 54.6 Å². The SMILES string of the molecule is CC(C)(NC(=O)c1cc2c(NC(=O)c3ccc(CN4CCOCC4)cc3)n[nH]c2s1)c1ccc(F)cc1. The number of thiophene rings is 1. The number of hydrogen-bond donors (Lipinski definition) is 3. The molecule has 1 aliphatic rings. The monoisotopic (exact) mass is 521 g/mol. The molecule has 2 aromatic carbocycles. The summed E-state index contributed by atoms with van der Waals surface area (Å²) in [6.45, 7) is 7.84. The molecule has 1 saturated heterocycles. The number of aromatic amines is 1. The van der Waals surface area contributed by atoms with Crippen LogP contribution >= 0.6 is 11.3 Å². The van der Waals surface area contributed by atoms with Crippen molar-refractivity contribution in [1.82, 2.24) is 20.4 Å². The van der Waals surface area contributed by atoms with E-state index in [1.807, 2.05) is 26.0 Å². The lowest BCUT2D eigenvalue weighted by molar-refractivity contribution is 0.0342. The average Bonchev–Trinajstić information content (AvgIpc) is 3.47. The van der Waals surface area contributed by atoms with Crippen LogP contribution in [0.3, 0.4) is 0 Å². The number of ether oxygens (including phenoxy) is 1. The summed E-state index contributed by atoms with van der Waals surface area (Å²) in [5, 5.41) is 13.6. The molecule has 0 unspecified atom stereocenters. The molecule has 0 bridgehead atoms. The molecular formula is C27H28FN5O3S. The Morgan fingerprint density at radius 1 is 1.08 bits per heavy atom. The molecule has 1 fully saturated rings. The van der Waals surface area contributed by atoms with Gasteiger partial charge in [-0.15, -0.1) is 11.3 Å². The van der Waals surface area contributed by atoms with Crippen LogP contribution in [0, 0.1) is 5.82 Å². The van der Waals surface area contributed by atoms with Gasteiger partial charge in [-0.25, -0.2) is 4.39 Å². The molecule has 192 valence electrons. The summed E-state index contributed by atoms with van der Waals surface area (Å²) in [6.07, 6.45) is 0. The molecule has 4 aromatic rings. The Labute approximate surface area is 217 Å². The van der Waals surface area contributed by atoms with E-state index < -0.39 is 5.54 Å². The highest BCUT2D eigenvalue weighted by atomic mass is 32.1. The van der Waals surface area contributed by atoms with Crippen LogP contribution in [0.4, 0.5) is 10.2 Å². The summed E-state index contributed by atoms with van der Waals surface area (Å²) in [5.74, 6) is -0.507. The first-order valence-electron chi connectivity index (χ1n) is 12.1. The molecule has 5 rings (SSSR count). The Morgan fingerprint density at radius 2 is 1.78 bits per heavy atom. The fourth-order valence-corrected chi connectivity index (χ4v) is 5.16. The number of hydrogen-bond acceptors (Lipinski definition) is 6. The third kappa shape index (κ3) is 5.71. The number of carbonyl (C=O) groups is 2. The number of fused-ring (bicyclic) bond motifs is 1. The molecule has 1 aliphatic heterocycles. The highest BCUT2D eigenvalue weighted by Crippen LogP contribution is 2.30. The number of rotatable bonds is 7. The van der Waals surface area contributed by atoms with Crippen LogP contribution < -0.4 is 10.6 Å². The van der Waals surface area contributed by atoms with Crippen LogP contribution in [-0.2, 0) is 16.8 Å². The van der Waals surface area contributed by atoms with Crippen molar-refractivity contribution in [3.63, 3.8) is 0 Å². The molecule has 0 radical (unpaired) electrons. The molecule has 3 heterocycles. The highest BCUT2D eigenvalue weighted by molar-refractivity contribution is 7.20. The number of benzene rings is 2. The van der Waals surface area contributed by atoms with E-state index in [1.54, 1.807) is 30.3 Å². The van der Waals surface area contributed by atoms with Gasteiger partial charge in [-0.05, 0) is 55.3 Å². The molecule has 0 atom stereocenters. The fourth-order valence-electron chi connectivity index (χ4n) is 4.27. The first-order chi connectivity index (χ1) is 17.8. The smallest absolute Gasteiger partial charge is 0.262 e. The number of carbonyl (C=O) groups excluding carboxylic acids is 2. The van der Waals surface area contributed by atoms with Gasteiger partial charge >= 0.3 is 0 Å². The summed E-state index contributed by atoms with van der Waals surface area (Å²) in [7, 11) is 0. The van der Waals surface area contributed by atoms with Crippen molar-refractivity contribution >= 4 is 39.2 Å². The Morgan fingerprint density at radius 3 is 2.49 bits per heavy atom. The number of H-pyrrole nitrogens is 1. The minimum atomic E-state index is -0.703. The van der Waals surface area contributed by atoms with Gasteiger partial charge in [0.15, 0.2) is 5.82 Å². The predicted octanol–water partition coefficient (Wildman–Crippen LogP) is 4.51. The van der Waals surface area contributed by atoms with Gasteiger partial charge in [0.1, 0.15) is 10.6 Å². The summed E-state index contributed by atoms with van der Waals surface area (Å²) < 4.78 is 18.7. The molecule has 10 heteroatoms. The molecule has 0 saturated carbocycles. The number of nitrogens with one attached hydrogen (secondary N) is 3. The van der Waals surface area contributed by atoms with Crippen molar-refractivity contribution in [2.24, 2.45) is 0 Å². The first-order valence-corrected chi connectivity index (χ1v) is 12.9. The quantitative estimate of drug-likeness (QED) is 0.332. The molecular weight excluding hydrogens is 493 g/mol. The second-order valence-electron chi connectivity index (χ2n) is 9.55. The van der Waals surface area contributed by atoms with Crippen LogP contribution in [0.5, 0.6) is 0 Å². The molecule has 0 spiro atoms. The van der Waals surface area contributed by atoms with Crippen molar-refractivity contribution in [3.8, 4) is 0 Å². The van der Waals surface area contributed by atoms with Crippen LogP contribution in [0.1, 0.15) is 45.0 Å². The largest absolute Gasteiger partial charge is 0.379 e. The van der Waals surface area contributed by atoms with Crippen LogP contribution in [0.2, 0.25) is 0 Å². The van der Waals surface area contributed by atoms with E-state index in [-0.39, 0.29) is 17.6 Å². The third-order valence-electron chi connectivity index (χ3n) is 6.43. The highest BCUT2D eigenvalue weighted by Gasteiger charge is 2.25. The molecule has 2 aromatic heterocycles. The number of aromatic nitrogens is 2. The van der Waals surface area contributed by atoms with E-state index in [0.717, 1.165) is 44.0 Å². The summed E-state index contributed by atoms with van der Waals surface area (Å²) in [6, 6.07) is 15.3. The minimum absolute atomic E-state index is 0.267. The predicted molar refractivity (Wildman–Crippen MR) is 141 cm³/mol. The number of anilines is 1. The molecule has 37 heavy (non-hydrogen) atoms. The van der Waals surface area contributed by atoms with E-state index in [4.69, 9.17) is 4.74 Å². The summed E-state index contributed by atoms with van der Waals surface area (Å²) >= 11 is 1.25. The Hall–Kier alpha value is -3.60. The van der Waals surface area contributed by atoms with Gasteiger partial charge < -0.3 is 15.4 Å². The molecule has 3 N–H and O–H groups in total. The van der Waals surface area contributed by atoms with E-state index in [2.05, 4.69) is 25.7 Å². The van der Waals surface area contributed by atoms with Crippen molar-refractivity contribution in [1.29, 1.82) is 0 Å². The number of amides is 2. The Bertz CT molecular complexity index is 1410. The van der Waals surface area contributed by atoms with Crippen molar-refractivity contribution in [3.05, 3.63) is 82.0 Å². The zero-order valence-corrected chi connectivity index (χ0v) is 21.5. The van der Waals surface area contributed by atoms with E-state index in [1.165, 1.54) is 23.5 Å². The zero-order valence-electron chi connectivity index (χ0n) is 20.6. The van der Waals surface area contributed by atoms with Gasteiger partial charge in [0.25, 0.3) is 11.8 Å². The number of halogens is 1. The van der Waals surface area contributed by atoms with Gasteiger partial charge in [0.2, 0.25) is 0 Å². The van der Waals surface area contributed by atoms with Crippen LogP contribution in [0.25, 0.3) is 10.2 Å². The van der Waals surface area contributed by atoms with Gasteiger partial charge in [0, 0.05) is 25.2 Å². The van der Waals surface area contributed by atoms with Gasteiger partial charge in [0.05, 0.1) is 29.0 Å². The fraction of sp³-hybridized carbons (Fsp3) is 0.296. The lowest BCUT2D eigenvalue weighted by Crippen LogP contribution is -2.40. The summed E-state index contributed by atoms with van der Waals surface area (Å²) in [5.41, 5.74) is 1.75. The standard InChI is InChI=1S/C27H28FN5O3S/c1-27(2,19-7-9-20(28)10-8-19)30-25(35)22-15-21-23(31-32-26(21)37-22)29-24(34)18-5-3-17(4-6-18)16-33-11-13-36-14-12-33/h3-10,15H,11-14,16H2,1-2H3,(H,30,35)(H2,29,31,32,34). The molecule has 0 aliphatic carbocycles. The normalized spacial score (nSPS) is 14.6. The second kappa shape index (κ2) is 10.4. The second-order valence-corrected chi connectivity index (χ2v) is 10.6. The lowest BCUT2D eigenvalue weighted by Gasteiger charge is -2.26. The van der Waals surface area contributed by atoms with Gasteiger partial charge in [-0.2, -0.15) is 5.10 Å². The topological polar surface area (TPSA) is 99.3 Å². The van der Waals surface area contributed by atoms with Crippen molar-refractivity contribution < 1.29 is 18.7 Å². The van der Waals surface area contributed by atoms with Gasteiger partial charge in [-0.3, -0.25) is 19.6 Å². The lowest BCUT2D eigenvalue weighted by atomic mass is 9.94. The number of morpholine rings is 1. The minimum Gasteiger partial charge on any atom is -0.379 e. The van der Waals surface area contributed by atoms with Gasteiger partial charge in [-0.1, -0.05) is 24.3 Å². The maximum absolute atomic E-state index is 13.3. The van der Waals surface area contributed by atoms with Crippen LogP contribution in [-0.4, -0.2) is 53.2 Å². The molecule has 2 amide bonds. The van der Waals surface area contributed by atoms with E-state index in [0.29, 0.717) is 26.5 Å². The number of nitrogens with zero attached hydrogens (tertiary/aromatic N) is 2. The maximum atomic E-state index is 13.3.